The number of nitrogens with one attached hydrogen (secondary N) is 1. The highest BCUT2D eigenvalue weighted by Crippen LogP contribution is 2.29. The Morgan fingerprint density at radius 3 is 2.55 bits per heavy atom. The fraction of sp³-hybridized carbons (Fsp3) is 0.529. The van der Waals surface area contributed by atoms with Crippen molar-refractivity contribution < 1.29 is 4.42 Å². The van der Waals surface area contributed by atoms with Crippen LogP contribution in [-0.4, -0.2) is 31.6 Å². The van der Waals surface area contributed by atoms with Gasteiger partial charge in [-0.2, -0.15) is 0 Å². The summed E-state index contributed by atoms with van der Waals surface area (Å²) in [5, 5.41) is 4.85. The van der Waals surface area contributed by atoms with Crippen LogP contribution in [0.1, 0.15) is 37.6 Å². The Hall–Kier alpha value is -1.32. The molecule has 0 saturated heterocycles. The van der Waals surface area contributed by atoms with Gasteiger partial charge in [-0.15, -0.1) is 0 Å². The Kier molecular flexibility index (Phi) is 4.84. The van der Waals surface area contributed by atoms with Gasteiger partial charge in [-0.1, -0.05) is 18.2 Å². The maximum Gasteiger partial charge on any atom is 0.134 e. The SMILES string of the molecule is Cc1c(C(C)NC(C)CCN(C)C)oc2ccccc12. The molecule has 0 aliphatic carbocycles. The molecular formula is C17H26N2O. The third kappa shape index (κ3) is 3.41. The first kappa shape index (κ1) is 15.1. The molecule has 0 amide bonds. The number of para-hydroxylation sites is 1. The molecule has 0 saturated carbocycles. The minimum atomic E-state index is 0.236. The molecule has 1 heterocycles. The van der Waals surface area contributed by atoms with Crippen LogP contribution in [0.5, 0.6) is 0 Å². The maximum absolute atomic E-state index is 6.01. The molecule has 3 heteroatoms. The van der Waals surface area contributed by atoms with Gasteiger partial charge in [0.25, 0.3) is 0 Å². The van der Waals surface area contributed by atoms with Gasteiger partial charge in [0.15, 0.2) is 0 Å². The molecule has 20 heavy (non-hydrogen) atoms. The van der Waals surface area contributed by atoms with Crippen molar-refractivity contribution in [1.82, 2.24) is 10.2 Å². The van der Waals surface area contributed by atoms with E-state index in [0.29, 0.717) is 6.04 Å². The monoisotopic (exact) mass is 274 g/mol. The molecule has 0 bridgehead atoms. The molecular weight excluding hydrogens is 248 g/mol. The Morgan fingerprint density at radius 2 is 1.90 bits per heavy atom. The van der Waals surface area contributed by atoms with Crippen LogP contribution >= 0.6 is 0 Å². The van der Waals surface area contributed by atoms with E-state index in [-0.39, 0.29) is 6.04 Å². The largest absolute Gasteiger partial charge is 0.459 e. The van der Waals surface area contributed by atoms with Crippen molar-refractivity contribution in [3.63, 3.8) is 0 Å². The molecule has 1 N–H and O–H groups in total. The molecule has 1 aromatic heterocycles. The second-order valence-corrected chi connectivity index (χ2v) is 5.97. The summed E-state index contributed by atoms with van der Waals surface area (Å²) in [5.41, 5.74) is 2.23. The number of fused-ring (bicyclic) bond motifs is 1. The highest BCUT2D eigenvalue weighted by Gasteiger charge is 2.17. The van der Waals surface area contributed by atoms with Crippen molar-refractivity contribution in [3.8, 4) is 0 Å². The normalized spacial score (nSPS) is 14.9. The first-order chi connectivity index (χ1) is 9.49. The van der Waals surface area contributed by atoms with Crippen molar-refractivity contribution >= 4 is 11.0 Å². The summed E-state index contributed by atoms with van der Waals surface area (Å²) in [6.45, 7) is 7.65. The van der Waals surface area contributed by atoms with Crippen LogP contribution in [0.15, 0.2) is 28.7 Å². The molecule has 2 atom stereocenters. The van der Waals surface area contributed by atoms with Crippen molar-refractivity contribution in [1.29, 1.82) is 0 Å². The molecule has 3 nitrogen and oxygen atoms in total. The average Bonchev–Trinajstić information content (AvgIpc) is 2.74. The van der Waals surface area contributed by atoms with Gasteiger partial charge in [-0.3, -0.25) is 0 Å². The molecule has 110 valence electrons. The number of rotatable bonds is 6. The average molecular weight is 274 g/mol. The van der Waals surface area contributed by atoms with Crippen molar-refractivity contribution in [2.24, 2.45) is 0 Å². The lowest BCUT2D eigenvalue weighted by Gasteiger charge is -2.20. The minimum Gasteiger partial charge on any atom is -0.459 e. The molecule has 2 aromatic rings. The smallest absolute Gasteiger partial charge is 0.134 e. The van der Waals surface area contributed by atoms with Crippen LogP contribution in [-0.2, 0) is 0 Å². The zero-order chi connectivity index (χ0) is 14.7. The van der Waals surface area contributed by atoms with E-state index in [1.165, 1.54) is 10.9 Å². The second-order valence-electron chi connectivity index (χ2n) is 5.97. The third-order valence-electron chi connectivity index (χ3n) is 3.82. The van der Waals surface area contributed by atoms with Crippen LogP contribution < -0.4 is 5.32 Å². The molecule has 0 radical (unpaired) electrons. The predicted molar refractivity (Wildman–Crippen MR) is 85.1 cm³/mol. The standard InChI is InChI=1S/C17H26N2O/c1-12(10-11-19(4)5)18-14(3)17-13(2)15-8-6-7-9-16(15)20-17/h6-9,12,14,18H,10-11H2,1-5H3. The van der Waals surface area contributed by atoms with E-state index in [1.807, 2.05) is 12.1 Å². The van der Waals surface area contributed by atoms with E-state index in [0.717, 1.165) is 24.3 Å². The third-order valence-corrected chi connectivity index (χ3v) is 3.82. The van der Waals surface area contributed by atoms with E-state index < -0.39 is 0 Å². The van der Waals surface area contributed by atoms with Crippen molar-refractivity contribution in [2.45, 2.75) is 39.3 Å². The Balaban J connectivity index is 2.07. The number of aryl methyl sites for hydroxylation is 1. The Labute approximate surface area is 122 Å². The van der Waals surface area contributed by atoms with Gasteiger partial charge in [0.2, 0.25) is 0 Å². The van der Waals surface area contributed by atoms with Crippen LogP contribution in [0.3, 0.4) is 0 Å². The lowest BCUT2D eigenvalue weighted by atomic mass is 10.1. The second kappa shape index (κ2) is 6.42. The Bertz CT molecular complexity index is 559. The van der Waals surface area contributed by atoms with Gasteiger partial charge in [0.05, 0.1) is 6.04 Å². The van der Waals surface area contributed by atoms with E-state index in [9.17, 15) is 0 Å². The molecule has 2 unspecified atom stereocenters. The van der Waals surface area contributed by atoms with Gasteiger partial charge in [-0.25, -0.2) is 0 Å². The number of hydrogen-bond acceptors (Lipinski definition) is 3. The van der Waals surface area contributed by atoms with Crippen LogP contribution in [0.4, 0.5) is 0 Å². The fourth-order valence-electron chi connectivity index (χ4n) is 2.64. The van der Waals surface area contributed by atoms with E-state index >= 15 is 0 Å². The van der Waals surface area contributed by atoms with Crippen LogP contribution in [0.2, 0.25) is 0 Å². The van der Waals surface area contributed by atoms with Crippen molar-refractivity contribution in [2.75, 3.05) is 20.6 Å². The van der Waals surface area contributed by atoms with E-state index in [2.05, 4.69) is 57.2 Å². The zero-order valence-corrected chi connectivity index (χ0v) is 13.2. The minimum absolute atomic E-state index is 0.236. The van der Waals surface area contributed by atoms with E-state index in [1.54, 1.807) is 0 Å². The van der Waals surface area contributed by atoms with Gasteiger partial charge in [0, 0.05) is 11.4 Å². The first-order valence-electron chi connectivity index (χ1n) is 7.38. The van der Waals surface area contributed by atoms with E-state index in [4.69, 9.17) is 4.42 Å². The molecule has 2 rings (SSSR count). The van der Waals surface area contributed by atoms with Gasteiger partial charge >= 0.3 is 0 Å². The molecule has 1 aromatic carbocycles. The lowest BCUT2D eigenvalue weighted by Crippen LogP contribution is -2.32. The number of furan rings is 1. The number of benzene rings is 1. The highest BCUT2D eigenvalue weighted by molar-refractivity contribution is 5.82. The lowest BCUT2D eigenvalue weighted by molar-refractivity contribution is 0.341. The summed E-state index contributed by atoms with van der Waals surface area (Å²) in [6, 6.07) is 8.95. The quantitative estimate of drug-likeness (QED) is 0.870. The summed E-state index contributed by atoms with van der Waals surface area (Å²) < 4.78 is 6.01. The molecule has 0 fully saturated rings. The summed E-state index contributed by atoms with van der Waals surface area (Å²) in [7, 11) is 4.22. The Morgan fingerprint density at radius 1 is 1.20 bits per heavy atom. The molecule has 0 aliphatic rings. The summed E-state index contributed by atoms with van der Waals surface area (Å²) in [6.07, 6.45) is 1.14. The van der Waals surface area contributed by atoms with Crippen LogP contribution in [0, 0.1) is 6.92 Å². The zero-order valence-electron chi connectivity index (χ0n) is 13.2. The van der Waals surface area contributed by atoms with Gasteiger partial charge in [-0.05, 0) is 59.5 Å². The highest BCUT2D eigenvalue weighted by atomic mass is 16.3. The summed E-state index contributed by atoms with van der Waals surface area (Å²) in [5.74, 6) is 1.06. The first-order valence-corrected chi connectivity index (χ1v) is 7.38. The topological polar surface area (TPSA) is 28.4 Å². The molecule has 0 aliphatic heterocycles. The van der Waals surface area contributed by atoms with Gasteiger partial charge in [0.1, 0.15) is 11.3 Å². The maximum atomic E-state index is 6.01. The molecule has 0 spiro atoms. The summed E-state index contributed by atoms with van der Waals surface area (Å²) >= 11 is 0. The number of nitrogens with zero attached hydrogens (tertiary/aromatic N) is 1. The van der Waals surface area contributed by atoms with Crippen LogP contribution in [0.25, 0.3) is 11.0 Å². The summed E-state index contributed by atoms with van der Waals surface area (Å²) in [4.78, 5) is 2.22. The van der Waals surface area contributed by atoms with Gasteiger partial charge < -0.3 is 14.6 Å². The van der Waals surface area contributed by atoms with Crippen molar-refractivity contribution in [3.05, 3.63) is 35.6 Å². The predicted octanol–water partition coefficient (Wildman–Crippen LogP) is 3.73. The number of hydrogen-bond donors (Lipinski definition) is 1. The fourth-order valence-corrected chi connectivity index (χ4v) is 2.64.